The largest absolute Gasteiger partial charge is 1.00 e. The van der Waals surface area contributed by atoms with Crippen LogP contribution in [-0.2, 0) is 0 Å². The van der Waals surface area contributed by atoms with Crippen molar-refractivity contribution in [1.29, 1.82) is 0 Å². The summed E-state index contributed by atoms with van der Waals surface area (Å²) in [6.45, 7) is 0. The van der Waals surface area contributed by atoms with Gasteiger partial charge in [-0.25, -0.2) is 0 Å². The Morgan fingerprint density at radius 3 is 1.25 bits per heavy atom. The molecule has 0 fully saturated rings. The summed E-state index contributed by atoms with van der Waals surface area (Å²) in [5, 5.41) is 0. The van der Waals surface area contributed by atoms with Crippen LogP contribution in [0, 0.1) is 0 Å². The molecule has 0 aliphatic rings. The smallest absolute Gasteiger partial charge is 1.00 e. The predicted octanol–water partition coefficient (Wildman–Crippen LogP) is -5.10. The summed E-state index contributed by atoms with van der Waals surface area (Å²) in [6, 6.07) is 0. The molecule has 0 amide bonds. The van der Waals surface area contributed by atoms with E-state index in [9.17, 15) is 0 Å². The van der Waals surface area contributed by atoms with Crippen LogP contribution >= 0.6 is 0 Å². The van der Waals surface area contributed by atoms with Crippen molar-refractivity contribution in [3.63, 3.8) is 0 Å². The Morgan fingerprint density at radius 2 is 1.25 bits per heavy atom. The minimum Gasteiger partial charge on any atom is -1.00 e. The predicted molar refractivity (Wildman–Crippen MR) is 24.0 cm³/mol. The van der Waals surface area contributed by atoms with Crippen LogP contribution in [0.15, 0.2) is 0 Å². The summed E-state index contributed by atoms with van der Waals surface area (Å²) in [5.41, 5.74) is 0. The van der Waals surface area contributed by atoms with Crippen molar-refractivity contribution in [3.05, 3.63) is 0 Å². The van der Waals surface area contributed by atoms with Gasteiger partial charge in [-0.3, -0.25) is 0 Å². The molecule has 4 heavy (non-hydrogen) atoms. The first kappa shape index (κ1) is 42.1. The maximum Gasteiger partial charge on any atom is 1.00 e. The van der Waals surface area contributed by atoms with Gasteiger partial charge >= 0.3 is 45.1 Å². The Labute approximate surface area is 65.5 Å². The van der Waals surface area contributed by atoms with Gasteiger partial charge in [0.15, 0.2) is 0 Å². The zero-order chi connectivity index (χ0) is 0. The first-order valence-electron chi connectivity index (χ1n) is 0. The van der Waals surface area contributed by atoms with E-state index in [1.807, 2.05) is 0 Å². The summed E-state index contributed by atoms with van der Waals surface area (Å²) >= 11 is 0. The van der Waals surface area contributed by atoms with E-state index in [4.69, 9.17) is 0 Å². The van der Waals surface area contributed by atoms with Gasteiger partial charge in [-0.15, -0.1) is 0 Å². The minimum atomic E-state index is 0. The fourth-order valence-electron chi connectivity index (χ4n) is 0. The molecule has 6 radical (unpaired) electrons. The Balaban J connectivity index is 0. The first-order valence-corrected chi connectivity index (χ1v) is 0. The monoisotopic (exact) mass is 260 g/mol. The number of rotatable bonds is 0. The third kappa shape index (κ3) is 9.24. The zero-order valence-electron chi connectivity index (χ0n) is 4.08. The average Bonchev–Trinajstić information content (AvgIpc) is 0. The van der Waals surface area contributed by atoms with Crippen LogP contribution in [0.1, 0.15) is 1.43 Å². The Hall–Kier alpha value is 1.76. The molecule has 18 valence electrons. The van der Waals surface area contributed by atoms with Gasteiger partial charge in [0.25, 0.3) is 0 Å². The molecule has 0 spiro atoms. The second-order valence-electron chi connectivity index (χ2n) is 0. The standard InChI is InChI=1S/B.Bi.Li.H3Si.2H/h;;;1H3;;/q;;+1;;;-1. The van der Waals surface area contributed by atoms with Gasteiger partial charge in [-0.2, -0.15) is 0 Å². The second-order valence-corrected chi connectivity index (χ2v) is 0. The summed E-state index contributed by atoms with van der Waals surface area (Å²) in [7, 11) is 0. The van der Waals surface area contributed by atoms with Gasteiger partial charge in [0.05, 0.1) is 0 Å². The summed E-state index contributed by atoms with van der Waals surface area (Å²) < 4.78 is 0. The van der Waals surface area contributed by atoms with Crippen molar-refractivity contribution in [2.24, 2.45) is 0 Å². The molecule has 0 aromatic heterocycles. The van der Waals surface area contributed by atoms with Crippen molar-refractivity contribution in [1.82, 2.24) is 0 Å². The molecule has 0 aromatic rings. The Kier molecular flexibility index (Phi) is 228. The Morgan fingerprint density at radius 1 is 1.25 bits per heavy atom. The second kappa shape index (κ2) is 21.7. The van der Waals surface area contributed by atoms with Crippen molar-refractivity contribution < 1.29 is 20.3 Å². The Bertz CT molecular complexity index is 11.6. The molecule has 0 aromatic carbocycles. The van der Waals surface area contributed by atoms with Crippen LogP contribution < -0.4 is 18.9 Å². The number of hydrogen-bond acceptors (Lipinski definition) is 0. The molecule has 0 atom stereocenters. The molecule has 0 bridgehead atoms. The molecule has 4 heteroatoms. The molecule has 0 rings (SSSR count). The van der Waals surface area contributed by atoms with Crippen molar-refractivity contribution in [2.75, 3.05) is 0 Å². The van der Waals surface area contributed by atoms with E-state index in [0.717, 1.165) is 0 Å². The van der Waals surface area contributed by atoms with Crippen LogP contribution in [-0.4, -0.2) is 45.6 Å². The fraction of sp³-hybridized carbons (Fsp3) is 0. The van der Waals surface area contributed by atoms with Gasteiger partial charge in [-0.05, 0) is 11.0 Å². The first-order chi connectivity index (χ1) is 0. The zero-order valence-corrected chi connectivity index (χ0v) is 8.96. The van der Waals surface area contributed by atoms with Crippen LogP contribution in [0.2, 0.25) is 0 Å². The molecule has 0 saturated heterocycles. The topological polar surface area (TPSA) is 0 Å². The molecular weight excluding hydrogens is 255 g/mol. The molecular formula is H5BBiLiSi. The van der Waals surface area contributed by atoms with Crippen LogP contribution in [0.5, 0.6) is 0 Å². The molecule has 0 nitrogen and oxygen atoms in total. The van der Waals surface area contributed by atoms with Crippen molar-refractivity contribution in [3.8, 4) is 0 Å². The quantitative estimate of drug-likeness (QED) is 0.382. The SMILES string of the molecule is [B].[BiH].[H-].[Li+].[SiH3]. The molecule has 0 unspecified atom stereocenters. The van der Waals surface area contributed by atoms with Crippen LogP contribution in [0.3, 0.4) is 0 Å². The molecule has 0 aliphatic carbocycles. The van der Waals surface area contributed by atoms with E-state index in [0.29, 0.717) is 0 Å². The van der Waals surface area contributed by atoms with Crippen molar-refractivity contribution in [2.45, 2.75) is 0 Å². The normalized spacial score (nSPS) is 0. The maximum absolute atomic E-state index is 0. The van der Waals surface area contributed by atoms with Crippen LogP contribution in [0.4, 0.5) is 0 Å². The van der Waals surface area contributed by atoms with E-state index < -0.39 is 0 Å². The molecule has 0 saturated carbocycles. The molecule has 0 N–H and O–H groups in total. The summed E-state index contributed by atoms with van der Waals surface area (Å²) in [5.74, 6) is 0. The average molecular weight is 260 g/mol. The third-order valence-electron chi connectivity index (χ3n) is 0. The van der Waals surface area contributed by atoms with E-state index in [2.05, 4.69) is 0 Å². The molecule has 0 aliphatic heterocycles. The molecule has 0 heterocycles. The van der Waals surface area contributed by atoms with Crippen LogP contribution in [0.25, 0.3) is 0 Å². The maximum atomic E-state index is 0. The van der Waals surface area contributed by atoms with Gasteiger partial charge in [0.2, 0.25) is 0 Å². The van der Waals surface area contributed by atoms with E-state index >= 15 is 0 Å². The third-order valence-corrected chi connectivity index (χ3v) is 0. The van der Waals surface area contributed by atoms with Gasteiger partial charge in [0.1, 0.15) is 0 Å². The van der Waals surface area contributed by atoms with E-state index in [-0.39, 0.29) is 65.9 Å². The van der Waals surface area contributed by atoms with Crippen molar-refractivity contribution >= 4 is 45.6 Å². The fourth-order valence-corrected chi connectivity index (χ4v) is 0. The van der Waals surface area contributed by atoms with Gasteiger partial charge < -0.3 is 1.43 Å². The van der Waals surface area contributed by atoms with E-state index in [1.54, 1.807) is 0 Å². The summed E-state index contributed by atoms with van der Waals surface area (Å²) in [4.78, 5) is 0. The van der Waals surface area contributed by atoms with Gasteiger partial charge in [0, 0.05) is 8.41 Å². The van der Waals surface area contributed by atoms with Gasteiger partial charge in [-0.1, -0.05) is 0 Å². The van der Waals surface area contributed by atoms with E-state index in [1.165, 1.54) is 0 Å². The minimum absolute atomic E-state index is 0. The number of hydrogen-bond donors (Lipinski definition) is 0. The summed E-state index contributed by atoms with van der Waals surface area (Å²) in [6.07, 6.45) is 0.